The second-order valence-electron chi connectivity index (χ2n) is 10.9. The van der Waals surface area contributed by atoms with Crippen LogP contribution in [-0.2, 0) is 5.41 Å². The first-order valence-corrected chi connectivity index (χ1v) is 12.9. The van der Waals surface area contributed by atoms with Crippen LogP contribution in [0.25, 0.3) is 0 Å². The average Bonchev–Trinajstić information content (AvgIpc) is 3.59. The molecular weight excluding hydrogens is 458 g/mol. The lowest BCUT2D eigenvalue weighted by Crippen LogP contribution is -2.50. The zero-order valence-electron chi connectivity index (χ0n) is 21.6. The molecule has 0 radical (unpaired) electrons. The van der Waals surface area contributed by atoms with Crippen molar-refractivity contribution in [3.05, 3.63) is 65.2 Å². The number of carbonyl (C=O) groups is 1. The van der Waals surface area contributed by atoms with E-state index in [0.29, 0.717) is 30.1 Å². The molecule has 3 atom stereocenters. The largest absolute Gasteiger partial charge is 0.322 e. The number of urea groups is 1. The van der Waals surface area contributed by atoms with E-state index in [1.807, 2.05) is 23.1 Å². The molecule has 2 fully saturated rings. The van der Waals surface area contributed by atoms with Crippen molar-refractivity contribution in [2.24, 2.45) is 5.92 Å². The highest BCUT2D eigenvalue weighted by Gasteiger charge is 2.58. The standard InChI is InChI=1S/C29H36F2N4O/c1-19(2)34(20(3)4)12-13-35(28(36)33-24-8-9-26(30)27(31)16-24)25-10-11-29(17-23(29)15-25)22-7-5-6-21(14-22)18-32/h5-9,14,16,19-20,23,25H,10-13,15,17H2,1-4H3,(H,33,36)/t23?,25-,29+/m0/s1. The Morgan fingerprint density at radius 3 is 2.50 bits per heavy atom. The molecule has 0 spiro atoms. The van der Waals surface area contributed by atoms with E-state index in [4.69, 9.17) is 0 Å². The van der Waals surface area contributed by atoms with Crippen molar-refractivity contribution in [1.82, 2.24) is 9.80 Å². The van der Waals surface area contributed by atoms with Crippen LogP contribution in [0.1, 0.15) is 64.5 Å². The molecule has 7 heteroatoms. The van der Waals surface area contributed by atoms with Crippen LogP contribution < -0.4 is 5.32 Å². The molecule has 0 aliphatic heterocycles. The van der Waals surface area contributed by atoms with Crippen molar-refractivity contribution in [3.8, 4) is 6.07 Å². The SMILES string of the molecule is CC(C)N(CCN(C(=O)Nc1ccc(F)c(F)c1)[C@H]1CC[C@]2(c3cccc(C#N)c3)CC2C1)C(C)C. The van der Waals surface area contributed by atoms with Gasteiger partial charge in [-0.1, -0.05) is 12.1 Å². The summed E-state index contributed by atoms with van der Waals surface area (Å²) in [5, 5.41) is 12.1. The van der Waals surface area contributed by atoms with Crippen LogP contribution in [0, 0.1) is 28.9 Å². The normalized spacial score (nSPS) is 22.9. The van der Waals surface area contributed by atoms with Gasteiger partial charge in [0.05, 0.1) is 11.6 Å². The number of nitrogens with one attached hydrogen (secondary N) is 1. The highest BCUT2D eigenvalue weighted by molar-refractivity contribution is 5.89. The van der Waals surface area contributed by atoms with E-state index in [-0.39, 0.29) is 23.2 Å². The minimum Gasteiger partial charge on any atom is -0.320 e. The molecule has 2 aliphatic rings. The van der Waals surface area contributed by atoms with E-state index in [2.05, 4.69) is 50.0 Å². The molecular formula is C29H36F2N4O. The number of carbonyl (C=O) groups excluding carboxylic acids is 1. The number of rotatable bonds is 8. The number of benzene rings is 2. The Morgan fingerprint density at radius 1 is 1.11 bits per heavy atom. The van der Waals surface area contributed by atoms with Crippen LogP contribution in [0.3, 0.4) is 0 Å². The molecule has 0 bridgehead atoms. The lowest BCUT2D eigenvalue weighted by molar-refractivity contribution is 0.120. The summed E-state index contributed by atoms with van der Waals surface area (Å²) in [5.74, 6) is -1.45. The van der Waals surface area contributed by atoms with E-state index in [1.54, 1.807) is 0 Å². The molecule has 0 heterocycles. The van der Waals surface area contributed by atoms with Gasteiger partial charge in [-0.3, -0.25) is 4.90 Å². The Morgan fingerprint density at radius 2 is 1.86 bits per heavy atom. The second-order valence-corrected chi connectivity index (χ2v) is 10.9. The Kier molecular flexibility index (Phi) is 7.65. The minimum atomic E-state index is -0.981. The lowest BCUT2D eigenvalue weighted by Gasteiger charge is -2.39. The molecule has 36 heavy (non-hydrogen) atoms. The number of fused-ring (bicyclic) bond motifs is 1. The summed E-state index contributed by atoms with van der Waals surface area (Å²) < 4.78 is 27.2. The highest BCUT2D eigenvalue weighted by atomic mass is 19.2. The van der Waals surface area contributed by atoms with Crippen LogP contribution in [0.4, 0.5) is 19.3 Å². The van der Waals surface area contributed by atoms with Gasteiger partial charge in [0.2, 0.25) is 0 Å². The Balaban J connectivity index is 1.51. The zero-order valence-corrected chi connectivity index (χ0v) is 21.6. The van der Waals surface area contributed by atoms with Gasteiger partial charge < -0.3 is 10.2 Å². The molecule has 192 valence electrons. The van der Waals surface area contributed by atoms with E-state index in [1.165, 1.54) is 11.6 Å². The number of hydrogen-bond donors (Lipinski definition) is 1. The van der Waals surface area contributed by atoms with Crippen molar-refractivity contribution in [3.63, 3.8) is 0 Å². The van der Waals surface area contributed by atoms with Gasteiger partial charge in [0.15, 0.2) is 11.6 Å². The number of hydrogen-bond acceptors (Lipinski definition) is 3. The smallest absolute Gasteiger partial charge is 0.320 e. The number of nitriles is 1. The third kappa shape index (κ3) is 5.39. The summed E-state index contributed by atoms with van der Waals surface area (Å²) in [6, 6.07) is 14.1. The summed E-state index contributed by atoms with van der Waals surface area (Å²) >= 11 is 0. The van der Waals surface area contributed by atoms with Gasteiger partial charge in [-0.2, -0.15) is 5.26 Å². The zero-order chi connectivity index (χ0) is 26.0. The van der Waals surface area contributed by atoms with Gasteiger partial charge in [0.25, 0.3) is 0 Å². The Bertz CT molecular complexity index is 1140. The Hall–Kier alpha value is -2.98. The molecule has 2 saturated carbocycles. The van der Waals surface area contributed by atoms with Crippen LogP contribution in [0.5, 0.6) is 0 Å². The van der Waals surface area contributed by atoms with Crippen LogP contribution in [0.15, 0.2) is 42.5 Å². The number of amides is 2. The molecule has 1 unspecified atom stereocenters. The van der Waals surface area contributed by atoms with Crippen LogP contribution >= 0.6 is 0 Å². The van der Waals surface area contributed by atoms with Gasteiger partial charge in [-0.15, -0.1) is 0 Å². The summed E-state index contributed by atoms with van der Waals surface area (Å²) in [6.07, 6.45) is 3.79. The highest BCUT2D eigenvalue weighted by Crippen LogP contribution is 2.62. The van der Waals surface area contributed by atoms with E-state index in [9.17, 15) is 18.8 Å². The fourth-order valence-electron chi connectivity index (χ4n) is 6.10. The van der Waals surface area contributed by atoms with Crippen molar-refractivity contribution < 1.29 is 13.6 Å². The predicted octanol–water partition coefficient (Wildman–Crippen LogP) is 6.30. The van der Waals surface area contributed by atoms with Gasteiger partial charge in [-0.05, 0) is 94.5 Å². The van der Waals surface area contributed by atoms with E-state index >= 15 is 0 Å². The van der Waals surface area contributed by atoms with E-state index < -0.39 is 11.6 Å². The predicted molar refractivity (Wildman–Crippen MR) is 138 cm³/mol. The van der Waals surface area contributed by atoms with Gasteiger partial charge in [0.1, 0.15) is 0 Å². The first kappa shape index (κ1) is 26.1. The third-order valence-electron chi connectivity index (χ3n) is 8.08. The summed E-state index contributed by atoms with van der Waals surface area (Å²) in [7, 11) is 0. The monoisotopic (exact) mass is 494 g/mol. The number of anilines is 1. The molecule has 1 N–H and O–H groups in total. The molecule has 2 aromatic carbocycles. The number of halogens is 2. The van der Waals surface area contributed by atoms with Gasteiger partial charge in [0, 0.05) is 43.0 Å². The van der Waals surface area contributed by atoms with Crippen LogP contribution in [0.2, 0.25) is 0 Å². The van der Waals surface area contributed by atoms with Crippen molar-refractivity contribution >= 4 is 11.7 Å². The maximum Gasteiger partial charge on any atom is 0.322 e. The molecule has 5 nitrogen and oxygen atoms in total. The molecule has 2 aromatic rings. The third-order valence-corrected chi connectivity index (χ3v) is 8.08. The quantitative estimate of drug-likeness (QED) is 0.469. The first-order chi connectivity index (χ1) is 17.1. The Labute approximate surface area is 213 Å². The lowest BCUT2D eigenvalue weighted by atomic mass is 9.80. The van der Waals surface area contributed by atoms with Crippen LogP contribution in [-0.4, -0.2) is 47.0 Å². The molecule has 0 aromatic heterocycles. The van der Waals surface area contributed by atoms with Gasteiger partial charge in [-0.25, -0.2) is 13.6 Å². The maximum absolute atomic E-state index is 13.8. The fourth-order valence-corrected chi connectivity index (χ4v) is 6.10. The molecule has 0 saturated heterocycles. The van der Waals surface area contributed by atoms with E-state index in [0.717, 1.165) is 44.4 Å². The first-order valence-electron chi connectivity index (χ1n) is 12.9. The van der Waals surface area contributed by atoms with Crippen molar-refractivity contribution in [2.45, 2.75) is 76.9 Å². The topological polar surface area (TPSA) is 59.4 Å². The summed E-state index contributed by atoms with van der Waals surface area (Å²) in [4.78, 5) is 17.7. The van der Waals surface area contributed by atoms with Crippen molar-refractivity contribution in [2.75, 3.05) is 18.4 Å². The molecule has 4 rings (SSSR count). The van der Waals surface area contributed by atoms with Gasteiger partial charge >= 0.3 is 6.03 Å². The summed E-state index contributed by atoms with van der Waals surface area (Å²) in [6.45, 7) is 9.90. The fraction of sp³-hybridized carbons (Fsp3) is 0.517. The average molecular weight is 495 g/mol. The molecule has 2 aliphatic carbocycles. The second kappa shape index (κ2) is 10.6. The minimum absolute atomic E-state index is 0.0660. The summed E-state index contributed by atoms with van der Waals surface area (Å²) in [5.41, 5.74) is 2.27. The van der Waals surface area contributed by atoms with Crippen molar-refractivity contribution in [1.29, 1.82) is 5.26 Å². The number of nitrogens with zero attached hydrogens (tertiary/aromatic N) is 3. The maximum atomic E-state index is 13.8. The molecule has 2 amide bonds.